The first-order chi connectivity index (χ1) is 8.12. The molecular formula is C13H19O3P. The molecule has 0 aliphatic carbocycles. The van der Waals surface area contributed by atoms with Crippen LogP contribution in [0.25, 0.3) is 6.08 Å². The Kier molecular flexibility index (Phi) is 5.63. The van der Waals surface area contributed by atoms with Crippen LogP contribution in [-0.4, -0.2) is 10.5 Å². The topological polar surface area (TPSA) is 46.5 Å². The first kappa shape index (κ1) is 14.2. The van der Waals surface area contributed by atoms with E-state index in [-0.39, 0.29) is 0 Å². The fraction of sp³-hybridized carbons (Fsp3) is 0.385. The molecule has 0 saturated heterocycles. The maximum Gasteiger partial charge on any atom is 0.317 e. The summed E-state index contributed by atoms with van der Waals surface area (Å²) in [4.78, 5) is 8.94. The van der Waals surface area contributed by atoms with Crippen molar-refractivity contribution >= 4 is 14.3 Å². The third-order valence-electron chi connectivity index (χ3n) is 2.87. The van der Waals surface area contributed by atoms with Crippen molar-refractivity contribution in [3.8, 4) is 0 Å². The van der Waals surface area contributed by atoms with E-state index < -0.39 is 13.9 Å². The Bertz CT molecular complexity index is 383. The van der Waals surface area contributed by atoms with E-state index in [1.54, 1.807) is 0 Å². The van der Waals surface area contributed by atoms with Crippen LogP contribution in [0.1, 0.15) is 32.3 Å². The van der Waals surface area contributed by atoms with E-state index in [4.69, 9.17) is 9.42 Å². The molecule has 3 nitrogen and oxygen atoms in total. The van der Waals surface area contributed by atoms with Gasteiger partial charge in [0.1, 0.15) is 0 Å². The number of hydrogen-bond acceptors (Lipinski definition) is 2. The second-order valence-corrected chi connectivity index (χ2v) is 4.62. The highest BCUT2D eigenvalue weighted by atomic mass is 31.1. The Balaban J connectivity index is 2.86. The van der Waals surface area contributed by atoms with Crippen molar-refractivity contribution in [3.63, 3.8) is 0 Å². The highest BCUT2D eigenvalue weighted by Gasteiger charge is 2.25. The molecule has 17 heavy (non-hydrogen) atoms. The molecule has 0 amide bonds. The van der Waals surface area contributed by atoms with Gasteiger partial charge in [-0.15, -0.1) is 0 Å². The number of rotatable bonds is 6. The minimum absolute atomic E-state index is 0.638. The van der Waals surface area contributed by atoms with Crippen molar-refractivity contribution in [2.75, 3.05) is 0 Å². The summed E-state index contributed by atoms with van der Waals surface area (Å²) in [6.07, 6.45) is 5.15. The molecule has 1 rings (SSSR count). The van der Waals surface area contributed by atoms with Gasteiger partial charge in [0.05, 0.1) is 5.60 Å². The van der Waals surface area contributed by atoms with Gasteiger partial charge in [0.15, 0.2) is 0 Å². The fourth-order valence-electron chi connectivity index (χ4n) is 1.65. The highest BCUT2D eigenvalue weighted by Crippen LogP contribution is 2.33. The van der Waals surface area contributed by atoms with E-state index in [2.05, 4.69) is 0 Å². The molecule has 0 aromatic heterocycles. The minimum Gasteiger partial charge on any atom is -0.326 e. The minimum atomic E-state index is -2.92. The normalized spacial score (nSPS) is 14.1. The van der Waals surface area contributed by atoms with E-state index in [0.29, 0.717) is 12.8 Å². The molecule has 0 aliphatic rings. The summed E-state index contributed by atoms with van der Waals surface area (Å²) in [5.74, 6) is 0. The summed E-state index contributed by atoms with van der Waals surface area (Å²) in [7, 11) is -2.92. The van der Waals surface area contributed by atoms with Crippen molar-refractivity contribution in [1.82, 2.24) is 0 Å². The van der Waals surface area contributed by atoms with Crippen LogP contribution in [-0.2, 0) is 9.09 Å². The van der Waals surface area contributed by atoms with Crippen LogP contribution in [0.4, 0.5) is 0 Å². The number of hydrogen-bond donors (Lipinski definition) is 1. The van der Waals surface area contributed by atoms with Crippen LogP contribution in [0.5, 0.6) is 0 Å². The molecule has 0 spiro atoms. The molecule has 1 unspecified atom stereocenters. The van der Waals surface area contributed by atoms with E-state index in [1.807, 2.05) is 56.3 Å². The van der Waals surface area contributed by atoms with Crippen molar-refractivity contribution in [2.45, 2.75) is 32.3 Å². The lowest BCUT2D eigenvalue weighted by molar-refractivity contribution is 0.106. The van der Waals surface area contributed by atoms with Crippen LogP contribution in [0.3, 0.4) is 0 Å². The van der Waals surface area contributed by atoms with Crippen LogP contribution >= 0.6 is 8.25 Å². The van der Waals surface area contributed by atoms with Crippen molar-refractivity contribution in [1.29, 1.82) is 0 Å². The van der Waals surface area contributed by atoms with Gasteiger partial charge in [-0.25, -0.2) is 0 Å². The average molecular weight is 254 g/mol. The Morgan fingerprint density at radius 1 is 1.29 bits per heavy atom. The standard InChI is InChI=1S/C13H19O3P/c1-3-13(4-2,16-17(14)15)11-10-12-8-6-5-7-9-12/h5-11,17H,3-4H2,1-2H3,(H,14,15). The zero-order valence-electron chi connectivity index (χ0n) is 10.2. The molecule has 1 aromatic rings. The van der Waals surface area contributed by atoms with E-state index in [1.165, 1.54) is 0 Å². The summed E-state index contributed by atoms with van der Waals surface area (Å²) in [5.41, 5.74) is 0.417. The third-order valence-corrected chi connectivity index (χ3v) is 3.45. The molecule has 4 heteroatoms. The van der Waals surface area contributed by atoms with Gasteiger partial charge in [-0.05, 0) is 18.4 Å². The van der Waals surface area contributed by atoms with Gasteiger partial charge in [-0.2, -0.15) is 0 Å². The summed E-state index contributed by atoms with van der Waals surface area (Å²) >= 11 is 0. The quantitative estimate of drug-likeness (QED) is 0.788. The summed E-state index contributed by atoms with van der Waals surface area (Å²) in [6, 6.07) is 9.82. The molecular weight excluding hydrogens is 235 g/mol. The lowest BCUT2D eigenvalue weighted by atomic mass is 9.96. The molecule has 1 atom stereocenters. The summed E-state index contributed by atoms with van der Waals surface area (Å²) < 4.78 is 16.0. The maximum absolute atomic E-state index is 10.9. The van der Waals surface area contributed by atoms with Crippen molar-refractivity contribution < 1.29 is 14.0 Å². The predicted molar refractivity (Wildman–Crippen MR) is 71.1 cm³/mol. The maximum atomic E-state index is 10.9. The largest absolute Gasteiger partial charge is 0.326 e. The van der Waals surface area contributed by atoms with E-state index >= 15 is 0 Å². The highest BCUT2D eigenvalue weighted by molar-refractivity contribution is 7.32. The first-order valence-corrected chi connectivity index (χ1v) is 7.04. The van der Waals surface area contributed by atoms with Crippen molar-refractivity contribution in [2.24, 2.45) is 0 Å². The number of benzene rings is 1. The van der Waals surface area contributed by atoms with Crippen LogP contribution in [0.15, 0.2) is 36.4 Å². The van der Waals surface area contributed by atoms with Gasteiger partial charge in [0.2, 0.25) is 0 Å². The van der Waals surface area contributed by atoms with Crippen LogP contribution in [0, 0.1) is 0 Å². The molecule has 1 N–H and O–H groups in total. The van der Waals surface area contributed by atoms with E-state index in [0.717, 1.165) is 5.56 Å². The molecule has 0 aliphatic heterocycles. The molecule has 1 aromatic carbocycles. The van der Waals surface area contributed by atoms with E-state index in [9.17, 15) is 4.57 Å². The Morgan fingerprint density at radius 2 is 1.88 bits per heavy atom. The fourth-order valence-corrected chi connectivity index (χ4v) is 2.35. The summed E-state index contributed by atoms with van der Waals surface area (Å²) in [6.45, 7) is 3.90. The zero-order chi connectivity index (χ0) is 12.7. The second kappa shape index (κ2) is 6.75. The second-order valence-electron chi connectivity index (χ2n) is 3.88. The molecule has 0 saturated carbocycles. The lowest BCUT2D eigenvalue weighted by Crippen LogP contribution is -2.25. The monoisotopic (exact) mass is 254 g/mol. The summed E-state index contributed by atoms with van der Waals surface area (Å²) in [5, 5.41) is 0. The van der Waals surface area contributed by atoms with Gasteiger partial charge in [-0.1, -0.05) is 56.3 Å². The van der Waals surface area contributed by atoms with Crippen LogP contribution < -0.4 is 0 Å². The lowest BCUT2D eigenvalue weighted by Gasteiger charge is -2.26. The average Bonchev–Trinajstić information content (AvgIpc) is 2.35. The van der Waals surface area contributed by atoms with Crippen LogP contribution in [0.2, 0.25) is 0 Å². The Labute approximate surface area is 103 Å². The molecule has 0 bridgehead atoms. The van der Waals surface area contributed by atoms with Gasteiger partial charge in [0, 0.05) is 0 Å². The molecule has 0 radical (unpaired) electrons. The molecule has 94 valence electrons. The van der Waals surface area contributed by atoms with Gasteiger partial charge >= 0.3 is 8.25 Å². The van der Waals surface area contributed by atoms with Gasteiger partial charge < -0.3 is 4.89 Å². The Hall–Kier alpha value is -0.890. The third kappa shape index (κ3) is 4.47. The molecule has 0 heterocycles. The first-order valence-electron chi connectivity index (χ1n) is 5.78. The Morgan fingerprint density at radius 3 is 2.35 bits per heavy atom. The smallest absolute Gasteiger partial charge is 0.317 e. The van der Waals surface area contributed by atoms with Crippen molar-refractivity contribution in [3.05, 3.63) is 42.0 Å². The zero-order valence-corrected chi connectivity index (χ0v) is 11.2. The predicted octanol–water partition coefficient (Wildman–Crippen LogP) is 3.66. The molecule has 0 fully saturated rings. The SMILES string of the molecule is CCC(C=Cc1ccccc1)(CC)O[PH](=O)O. The van der Waals surface area contributed by atoms with Gasteiger partial charge in [0.25, 0.3) is 0 Å². The van der Waals surface area contributed by atoms with Gasteiger partial charge in [-0.3, -0.25) is 9.09 Å².